The van der Waals surface area contributed by atoms with Crippen LogP contribution in [-0.4, -0.2) is 59.5 Å². The van der Waals surface area contributed by atoms with Crippen molar-refractivity contribution < 1.29 is 5.11 Å². The Morgan fingerprint density at radius 2 is 2.15 bits per heavy atom. The van der Waals surface area contributed by atoms with E-state index in [1.165, 1.54) is 0 Å². The van der Waals surface area contributed by atoms with Crippen LogP contribution in [0.4, 0.5) is 5.82 Å². The molecule has 106 valence electrons. The molecular formula is C15H20N4O. The smallest absolute Gasteiger partial charge is 0.159 e. The zero-order chi connectivity index (χ0) is 14.1. The number of aliphatic hydroxyl groups excluding tert-OH is 1. The molecule has 3 rings (SSSR count). The van der Waals surface area contributed by atoms with Crippen LogP contribution in [0.25, 0.3) is 10.8 Å². The highest BCUT2D eigenvalue weighted by molar-refractivity contribution is 5.91. The Morgan fingerprint density at radius 1 is 1.35 bits per heavy atom. The lowest BCUT2D eigenvalue weighted by atomic mass is 10.1. The standard InChI is InChI=1S/C15H20N4O/c1-18(2)9-12-7-13(20)10-19(12)15-14-6-4-3-5-11(14)8-16-17-15/h3-6,8,12-13,20H,7,9-10H2,1-2H3. The van der Waals surface area contributed by atoms with Gasteiger partial charge >= 0.3 is 0 Å². The molecule has 2 atom stereocenters. The lowest BCUT2D eigenvalue weighted by molar-refractivity contribution is 0.191. The molecule has 1 saturated heterocycles. The number of hydrogen-bond acceptors (Lipinski definition) is 5. The van der Waals surface area contributed by atoms with Gasteiger partial charge < -0.3 is 14.9 Å². The molecule has 0 amide bonds. The maximum atomic E-state index is 10.0. The molecule has 20 heavy (non-hydrogen) atoms. The van der Waals surface area contributed by atoms with Crippen molar-refractivity contribution in [3.8, 4) is 0 Å². The second kappa shape index (κ2) is 5.34. The first-order valence-corrected chi connectivity index (χ1v) is 6.95. The topological polar surface area (TPSA) is 52.5 Å². The summed E-state index contributed by atoms with van der Waals surface area (Å²) in [5.74, 6) is 0.881. The molecule has 5 nitrogen and oxygen atoms in total. The van der Waals surface area contributed by atoms with Crippen LogP contribution in [-0.2, 0) is 0 Å². The highest BCUT2D eigenvalue weighted by atomic mass is 16.3. The predicted octanol–water partition coefficient (Wildman–Crippen LogP) is 1.13. The van der Waals surface area contributed by atoms with Gasteiger partial charge in [0.1, 0.15) is 0 Å². The molecular weight excluding hydrogens is 252 g/mol. The van der Waals surface area contributed by atoms with E-state index < -0.39 is 0 Å². The van der Waals surface area contributed by atoms with E-state index >= 15 is 0 Å². The fourth-order valence-corrected chi connectivity index (χ4v) is 2.97. The Hall–Kier alpha value is -1.72. The zero-order valence-electron chi connectivity index (χ0n) is 11.9. The van der Waals surface area contributed by atoms with Crippen molar-refractivity contribution in [3.63, 3.8) is 0 Å². The number of benzene rings is 1. The van der Waals surface area contributed by atoms with Gasteiger partial charge in [-0.05, 0) is 20.5 Å². The molecule has 5 heteroatoms. The van der Waals surface area contributed by atoms with Gasteiger partial charge in [-0.3, -0.25) is 0 Å². The first-order valence-electron chi connectivity index (χ1n) is 6.95. The minimum atomic E-state index is -0.291. The number of β-amino-alcohol motifs (C(OH)–C–C–N with tert-alkyl or cyclic N) is 1. The zero-order valence-corrected chi connectivity index (χ0v) is 11.9. The molecule has 1 N–H and O–H groups in total. The van der Waals surface area contributed by atoms with Crippen molar-refractivity contribution >= 4 is 16.6 Å². The summed E-state index contributed by atoms with van der Waals surface area (Å²) in [6.07, 6.45) is 2.27. The molecule has 0 bridgehead atoms. The third kappa shape index (κ3) is 2.46. The Morgan fingerprint density at radius 3 is 2.95 bits per heavy atom. The van der Waals surface area contributed by atoms with Gasteiger partial charge in [0, 0.05) is 29.9 Å². The van der Waals surface area contributed by atoms with Gasteiger partial charge in [0.15, 0.2) is 5.82 Å². The van der Waals surface area contributed by atoms with E-state index in [2.05, 4.69) is 40.2 Å². The van der Waals surface area contributed by atoms with E-state index in [0.717, 1.165) is 29.6 Å². The fourth-order valence-electron chi connectivity index (χ4n) is 2.97. The second-order valence-corrected chi connectivity index (χ2v) is 5.71. The van der Waals surface area contributed by atoms with Crippen molar-refractivity contribution in [3.05, 3.63) is 30.5 Å². The van der Waals surface area contributed by atoms with Crippen molar-refractivity contribution in [2.24, 2.45) is 0 Å². The minimum absolute atomic E-state index is 0.278. The van der Waals surface area contributed by atoms with Crippen LogP contribution >= 0.6 is 0 Å². The number of aliphatic hydroxyl groups is 1. The van der Waals surface area contributed by atoms with Crippen LogP contribution in [0.2, 0.25) is 0 Å². The molecule has 0 saturated carbocycles. The highest BCUT2D eigenvalue weighted by Crippen LogP contribution is 2.29. The third-order valence-corrected chi connectivity index (χ3v) is 3.79. The predicted molar refractivity (Wildman–Crippen MR) is 79.8 cm³/mol. The Balaban J connectivity index is 2.00. The molecule has 1 aliphatic rings. The summed E-state index contributed by atoms with van der Waals surface area (Å²) in [6.45, 7) is 1.53. The van der Waals surface area contributed by atoms with Gasteiger partial charge in [-0.1, -0.05) is 24.3 Å². The maximum Gasteiger partial charge on any atom is 0.159 e. The van der Waals surface area contributed by atoms with E-state index in [1.54, 1.807) is 6.20 Å². The van der Waals surface area contributed by atoms with Crippen LogP contribution in [0.15, 0.2) is 30.5 Å². The van der Waals surface area contributed by atoms with Crippen LogP contribution in [0.1, 0.15) is 6.42 Å². The van der Waals surface area contributed by atoms with Gasteiger partial charge in [-0.25, -0.2) is 0 Å². The summed E-state index contributed by atoms with van der Waals surface area (Å²) in [4.78, 5) is 4.34. The van der Waals surface area contributed by atoms with Crippen LogP contribution in [0.3, 0.4) is 0 Å². The lowest BCUT2D eigenvalue weighted by Crippen LogP contribution is -2.38. The van der Waals surface area contributed by atoms with E-state index in [4.69, 9.17) is 0 Å². The first kappa shape index (κ1) is 13.3. The molecule has 2 heterocycles. The van der Waals surface area contributed by atoms with E-state index in [0.29, 0.717) is 6.54 Å². The molecule has 1 aliphatic heterocycles. The van der Waals surface area contributed by atoms with Crippen molar-refractivity contribution in [2.45, 2.75) is 18.6 Å². The Bertz CT molecular complexity index is 596. The monoisotopic (exact) mass is 272 g/mol. The average molecular weight is 272 g/mol. The number of hydrogen-bond donors (Lipinski definition) is 1. The van der Waals surface area contributed by atoms with Crippen LogP contribution in [0.5, 0.6) is 0 Å². The number of likely N-dealkylation sites (N-methyl/N-ethyl adjacent to an activating group) is 1. The Labute approximate surface area is 118 Å². The van der Waals surface area contributed by atoms with E-state index in [1.807, 2.05) is 18.2 Å². The van der Waals surface area contributed by atoms with Crippen LogP contribution < -0.4 is 4.90 Å². The summed E-state index contributed by atoms with van der Waals surface area (Å²) in [7, 11) is 4.11. The highest BCUT2D eigenvalue weighted by Gasteiger charge is 2.33. The lowest BCUT2D eigenvalue weighted by Gasteiger charge is -2.28. The number of rotatable bonds is 3. The number of nitrogens with zero attached hydrogens (tertiary/aromatic N) is 4. The maximum absolute atomic E-state index is 10.0. The van der Waals surface area contributed by atoms with Crippen molar-refractivity contribution in [1.29, 1.82) is 0 Å². The van der Waals surface area contributed by atoms with Gasteiger partial charge in [-0.15, -0.1) is 5.10 Å². The Kier molecular flexibility index (Phi) is 3.54. The number of anilines is 1. The second-order valence-electron chi connectivity index (χ2n) is 5.71. The summed E-state index contributed by atoms with van der Waals surface area (Å²) < 4.78 is 0. The average Bonchev–Trinajstić information content (AvgIpc) is 2.78. The minimum Gasteiger partial charge on any atom is -0.391 e. The van der Waals surface area contributed by atoms with Crippen molar-refractivity contribution in [1.82, 2.24) is 15.1 Å². The quantitative estimate of drug-likeness (QED) is 0.908. The van der Waals surface area contributed by atoms with E-state index in [9.17, 15) is 5.11 Å². The summed E-state index contributed by atoms with van der Waals surface area (Å²) in [5.41, 5.74) is 0. The number of fused-ring (bicyclic) bond motifs is 1. The summed E-state index contributed by atoms with van der Waals surface area (Å²) in [5, 5.41) is 20.6. The number of aromatic nitrogens is 2. The van der Waals surface area contributed by atoms with Gasteiger partial charge in [0.2, 0.25) is 0 Å². The molecule has 1 aromatic carbocycles. The summed E-state index contributed by atoms with van der Waals surface area (Å²) >= 11 is 0. The van der Waals surface area contributed by atoms with Gasteiger partial charge in [-0.2, -0.15) is 5.10 Å². The first-order chi connectivity index (χ1) is 9.65. The molecule has 1 fully saturated rings. The SMILES string of the molecule is CN(C)CC1CC(O)CN1c1nncc2ccccc12. The van der Waals surface area contributed by atoms with Crippen LogP contribution in [0, 0.1) is 0 Å². The van der Waals surface area contributed by atoms with Gasteiger partial charge in [0.25, 0.3) is 0 Å². The van der Waals surface area contributed by atoms with E-state index in [-0.39, 0.29) is 12.1 Å². The largest absolute Gasteiger partial charge is 0.391 e. The molecule has 2 aromatic rings. The van der Waals surface area contributed by atoms with Gasteiger partial charge in [0.05, 0.1) is 12.3 Å². The fraction of sp³-hybridized carbons (Fsp3) is 0.467. The molecule has 0 radical (unpaired) electrons. The molecule has 2 unspecified atom stereocenters. The molecule has 1 aromatic heterocycles. The van der Waals surface area contributed by atoms with Crippen molar-refractivity contribution in [2.75, 3.05) is 32.1 Å². The summed E-state index contributed by atoms with van der Waals surface area (Å²) in [6, 6.07) is 8.41. The molecule has 0 spiro atoms. The molecule has 0 aliphatic carbocycles. The third-order valence-electron chi connectivity index (χ3n) is 3.79. The normalized spacial score (nSPS) is 22.9.